The fraction of sp³-hybridized carbons (Fsp3) is 0.105. The summed E-state index contributed by atoms with van der Waals surface area (Å²) < 4.78 is 0. The molecule has 0 fully saturated rings. The second-order valence-electron chi connectivity index (χ2n) is 5.14. The number of hydrogen-bond acceptors (Lipinski definition) is 2. The van der Waals surface area contributed by atoms with Crippen molar-refractivity contribution in [3.05, 3.63) is 101 Å². The van der Waals surface area contributed by atoms with E-state index in [0.29, 0.717) is 5.02 Å². The van der Waals surface area contributed by atoms with Gasteiger partial charge in [0.25, 0.3) is 0 Å². The summed E-state index contributed by atoms with van der Waals surface area (Å²) in [4.78, 5) is 4.43. The number of benzene rings is 2. The van der Waals surface area contributed by atoms with Gasteiger partial charge in [0, 0.05) is 11.2 Å². The first-order valence-electron chi connectivity index (χ1n) is 7.15. The van der Waals surface area contributed by atoms with Crippen molar-refractivity contribution in [2.24, 2.45) is 0 Å². The lowest BCUT2D eigenvalue weighted by atomic mass is 9.86. The highest BCUT2D eigenvalue weighted by molar-refractivity contribution is 6.30. The molecule has 3 aromatic rings. The zero-order chi connectivity index (χ0) is 15.4. The van der Waals surface area contributed by atoms with Gasteiger partial charge in [-0.2, -0.15) is 0 Å². The largest absolute Gasteiger partial charge is 0.387 e. The van der Waals surface area contributed by atoms with Crippen LogP contribution in [0.3, 0.4) is 0 Å². The minimum absolute atomic E-state index is 0.219. The summed E-state index contributed by atoms with van der Waals surface area (Å²) in [6.07, 6.45) is 1.06. The Morgan fingerprint density at radius 3 is 2.09 bits per heavy atom. The Hall–Kier alpha value is -2.16. The van der Waals surface area contributed by atoms with E-state index in [1.54, 1.807) is 18.3 Å². The minimum Gasteiger partial charge on any atom is -0.387 e. The van der Waals surface area contributed by atoms with E-state index in [9.17, 15) is 5.11 Å². The number of nitrogens with zero attached hydrogens (tertiary/aromatic N) is 1. The van der Waals surface area contributed by atoms with Crippen LogP contribution in [0, 0.1) is 0 Å². The van der Waals surface area contributed by atoms with Crippen LogP contribution in [0.1, 0.15) is 28.8 Å². The Kier molecular flexibility index (Phi) is 4.52. The van der Waals surface area contributed by atoms with E-state index in [1.165, 1.54) is 0 Å². The van der Waals surface area contributed by atoms with Crippen molar-refractivity contribution in [3.8, 4) is 0 Å². The standard InChI is InChI=1S/C19H16ClNO/c20-16-11-9-15(10-12-16)19(22)18(14-6-2-1-3-7-14)17-8-4-5-13-21-17/h1-13,18-19,22H/t18-,19+/m1/s1. The molecular formula is C19H16ClNO. The van der Waals surface area contributed by atoms with Gasteiger partial charge in [-0.1, -0.05) is 60.1 Å². The summed E-state index contributed by atoms with van der Waals surface area (Å²) >= 11 is 5.94. The average molecular weight is 310 g/mol. The van der Waals surface area contributed by atoms with Crippen molar-refractivity contribution in [1.82, 2.24) is 4.98 Å². The molecule has 0 saturated heterocycles. The minimum atomic E-state index is -0.686. The first-order chi connectivity index (χ1) is 10.8. The molecule has 1 N–H and O–H groups in total. The number of halogens is 1. The summed E-state index contributed by atoms with van der Waals surface area (Å²) in [5, 5.41) is 11.6. The van der Waals surface area contributed by atoms with Gasteiger partial charge < -0.3 is 5.11 Å². The van der Waals surface area contributed by atoms with E-state index < -0.39 is 6.10 Å². The maximum absolute atomic E-state index is 10.9. The lowest BCUT2D eigenvalue weighted by Gasteiger charge is -2.23. The highest BCUT2D eigenvalue weighted by Gasteiger charge is 2.25. The zero-order valence-corrected chi connectivity index (χ0v) is 12.7. The topological polar surface area (TPSA) is 33.1 Å². The molecule has 0 bridgehead atoms. The molecule has 0 radical (unpaired) electrons. The molecule has 22 heavy (non-hydrogen) atoms. The van der Waals surface area contributed by atoms with Crippen molar-refractivity contribution in [2.45, 2.75) is 12.0 Å². The van der Waals surface area contributed by atoms with Gasteiger partial charge in [0.05, 0.1) is 17.7 Å². The van der Waals surface area contributed by atoms with Crippen molar-refractivity contribution in [2.75, 3.05) is 0 Å². The smallest absolute Gasteiger partial charge is 0.0914 e. The van der Waals surface area contributed by atoms with Crippen molar-refractivity contribution in [1.29, 1.82) is 0 Å². The molecule has 0 spiro atoms. The normalized spacial score (nSPS) is 13.5. The summed E-state index contributed by atoms with van der Waals surface area (Å²) in [7, 11) is 0. The molecular weight excluding hydrogens is 294 g/mol. The fourth-order valence-corrected chi connectivity index (χ4v) is 2.71. The number of aliphatic hydroxyl groups excluding tert-OH is 1. The molecule has 0 unspecified atom stereocenters. The van der Waals surface area contributed by atoms with Gasteiger partial charge in [-0.3, -0.25) is 4.98 Å². The third kappa shape index (κ3) is 3.19. The van der Waals surface area contributed by atoms with Crippen LogP contribution in [0.15, 0.2) is 79.0 Å². The first-order valence-corrected chi connectivity index (χ1v) is 7.53. The molecule has 0 aliphatic carbocycles. The summed E-state index contributed by atoms with van der Waals surface area (Å²) in [6, 6.07) is 23.0. The number of hydrogen-bond donors (Lipinski definition) is 1. The lowest BCUT2D eigenvalue weighted by molar-refractivity contribution is 0.157. The van der Waals surface area contributed by atoms with Gasteiger partial charge in [0.2, 0.25) is 0 Å². The molecule has 0 aliphatic rings. The maximum Gasteiger partial charge on any atom is 0.0914 e. The molecule has 1 heterocycles. The number of pyridine rings is 1. The quantitative estimate of drug-likeness (QED) is 0.764. The van der Waals surface area contributed by atoms with Crippen molar-refractivity contribution < 1.29 is 5.11 Å². The summed E-state index contributed by atoms with van der Waals surface area (Å²) in [6.45, 7) is 0. The molecule has 3 heteroatoms. The predicted molar refractivity (Wildman–Crippen MR) is 88.9 cm³/mol. The van der Waals surface area contributed by atoms with Gasteiger partial charge in [-0.15, -0.1) is 0 Å². The average Bonchev–Trinajstić information content (AvgIpc) is 2.57. The zero-order valence-electron chi connectivity index (χ0n) is 11.9. The van der Waals surface area contributed by atoms with Gasteiger partial charge in [-0.25, -0.2) is 0 Å². The van der Waals surface area contributed by atoms with Crippen LogP contribution < -0.4 is 0 Å². The van der Waals surface area contributed by atoms with E-state index in [2.05, 4.69) is 4.98 Å². The fourth-order valence-electron chi connectivity index (χ4n) is 2.59. The van der Waals surface area contributed by atoms with Crippen LogP contribution in [0.5, 0.6) is 0 Å². The summed E-state index contributed by atoms with van der Waals surface area (Å²) in [5.41, 5.74) is 2.70. The van der Waals surface area contributed by atoms with Crippen molar-refractivity contribution >= 4 is 11.6 Å². The van der Waals surface area contributed by atoms with E-state index >= 15 is 0 Å². The molecule has 110 valence electrons. The molecule has 3 rings (SSSR count). The Morgan fingerprint density at radius 1 is 0.773 bits per heavy atom. The molecule has 2 aromatic carbocycles. The molecule has 1 aromatic heterocycles. The molecule has 0 saturated carbocycles. The Labute approximate surface area is 135 Å². The van der Waals surface area contributed by atoms with Crippen LogP contribution >= 0.6 is 11.6 Å². The van der Waals surface area contributed by atoms with Crippen LogP contribution in [-0.4, -0.2) is 10.1 Å². The third-order valence-corrected chi connectivity index (χ3v) is 3.94. The second kappa shape index (κ2) is 6.73. The lowest BCUT2D eigenvalue weighted by Crippen LogP contribution is -2.13. The number of rotatable bonds is 4. The maximum atomic E-state index is 10.9. The number of aromatic nitrogens is 1. The van der Waals surface area contributed by atoms with Crippen LogP contribution in [0.25, 0.3) is 0 Å². The predicted octanol–water partition coefficient (Wildman–Crippen LogP) is 4.60. The van der Waals surface area contributed by atoms with Crippen LogP contribution in [-0.2, 0) is 0 Å². The van der Waals surface area contributed by atoms with Gasteiger partial charge in [0.1, 0.15) is 0 Å². The highest BCUT2D eigenvalue weighted by atomic mass is 35.5. The molecule has 0 aliphatic heterocycles. The van der Waals surface area contributed by atoms with E-state index in [4.69, 9.17) is 11.6 Å². The highest BCUT2D eigenvalue weighted by Crippen LogP contribution is 2.35. The SMILES string of the molecule is O[C@@H](c1ccc(Cl)cc1)[C@H](c1ccccc1)c1ccccn1. The third-order valence-electron chi connectivity index (χ3n) is 3.69. The first kappa shape index (κ1) is 14.8. The van der Waals surface area contributed by atoms with Crippen molar-refractivity contribution in [3.63, 3.8) is 0 Å². The Morgan fingerprint density at radius 2 is 1.45 bits per heavy atom. The van der Waals surface area contributed by atoms with Gasteiger partial charge >= 0.3 is 0 Å². The van der Waals surface area contributed by atoms with Crippen LogP contribution in [0.4, 0.5) is 0 Å². The van der Waals surface area contributed by atoms with Gasteiger partial charge in [-0.05, 0) is 35.4 Å². The second-order valence-corrected chi connectivity index (χ2v) is 5.58. The Bertz CT molecular complexity index is 674. The molecule has 0 amide bonds. The van der Waals surface area contributed by atoms with E-state index in [-0.39, 0.29) is 5.92 Å². The van der Waals surface area contributed by atoms with E-state index in [1.807, 2.05) is 60.7 Å². The Balaban J connectivity index is 2.04. The molecule has 2 atom stereocenters. The monoisotopic (exact) mass is 309 g/mol. The van der Waals surface area contributed by atoms with E-state index in [0.717, 1.165) is 16.8 Å². The van der Waals surface area contributed by atoms with Crippen LogP contribution in [0.2, 0.25) is 5.02 Å². The molecule has 2 nitrogen and oxygen atoms in total. The summed E-state index contributed by atoms with van der Waals surface area (Å²) in [5.74, 6) is -0.219. The van der Waals surface area contributed by atoms with Gasteiger partial charge in [0.15, 0.2) is 0 Å². The number of aliphatic hydroxyl groups is 1.